The molecule has 0 spiro atoms. The molecule has 212 valence electrons. The van der Waals surface area contributed by atoms with Gasteiger partial charge < -0.3 is 20.1 Å². The van der Waals surface area contributed by atoms with Crippen molar-refractivity contribution in [2.24, 2.45) is 0 Å². The number of carbonyl (C=O) groups excluding carboxylic acids is 2. The van der Waals surface area contributed by atoms with Crippen molar-refractivity contribution in [3.8, 4) is 11.1 Å². The van der Waals surface area contributed by atoms with Crippen molar-refractivity contribution < 1.29 is 24.2 Å². The van der Waals surface area contributed by atoms with Gasteiger partial charge in [-0.1, -0.05) is 78.9 Å². The number of alkyl carbamates (subject to hydrolysis) is 1. The summed E-state index contributed by atoms with van der Waals surface area (Å²) in [7, 11) is 0. The van der Waals surface area contributed by atoms with Gasteiger partial charge in [-0.15, -0.1) is 0 Å². The van der Waals surface area contributed by atoms with Crippen LogP contribution in [-0.2, 0) is 20.9 Å². The second kappa shape index (κ2) is 10.7. The quantitative estimate of drug-likeness (QED) is 0.443. The van der Waals surface area contributed by atoms with Gasteiger partial charge >= 0.3 is 12.1 Å². The highest BCUT2D eigenvalue weighted by atomic mass is 16.5. The van der Waals surface area contributed by atoms with Crippen LogP contribution in [0.15, 0.2) is 78.9 Å². The molecule has 3 aromatic rings. The van der Waals surface area contributed by atoms with Crippen molar-refractivity contribution in [2.45, 2.75) is 49.7 Å². The molecule has 0 radical (unpaired) electrons. The maximum absolute atomic E-state index is 14.2. The fourth-order valence-electron chi connectivity index (χ4n) is 6.79. The summed E-state index contributed by atoms with van der Waals surface area (Å²) in [5, 5.41) is 12.9. The topological polar surface area (TPSA) is 99.2 Å². The number of benzene rings is 3. The lowest BCUT2D eigenvalue weighted by molar-refractivity contribution is -0.157. The van der Waals surface area contributed by atoms with Gasteiger partial charge in [0.25, 0.3) is 5.91 Å². The fourth-order valence-corrected chi connectivity index (χ4v) is 6.79. The molecule has 1 aliphatic carbocycles. The average Bonchev–Trinajstić information content (AvgIpc) is 3.67. The number of hydrogen-bond acceptors (Lipinski definition) is 5. The van der Waals surface area contributed by atoms with Crippen LogP contribution >= 0.6 is 0 Å². The highest BCUT2D eigenvalue weighted by molar-refractivity contribution is 5.95. The Morgan fingerprint density at radius 3 is 2.20 bits per heavy atom. The number of carbonyl (C=O) groups is 3. The number of amides is 2. The second-order valence-corrected chi connectivity index (χ2v) is 11.6. The van der Waals surface area contributed by atoms with Crippen LogP contribution in [-0.4, -0.2) is 70.2 Å². The van der Waals surface area contributed by atoms with E-state index in [0.717, 1.165) is 27.8 Å². The van der Waals surface area contributed by atoms with Gasteiger partial charge in [-0.3, -0.25) is 9.69 Å². The van der Waals surface area contributed by atoms with Crippen molar-refractivity contribution in [1.82, 2.24) is 15.1 Å². The Labute approximate surface area is 239 Å². The Balaban J connectivity index is 1.22. The van der Waals surface area contributed by atoms with Crippen molar-refractivity contribution >= 4 is 18.0 Å². The second-order valence-electron chi connectivity index (χ2n) is 11.6. The van der Waals surface area contributed by atoms with Crippen LogP contribution in [0.1, 0.15) is 48.8 Å². The summed E-state index contributed by atoms with van der Waals surface area (Å²) in [6.45, 7) is 3.55. The third-order valence-electron chi connectivity index (χ3n) is 9.04. The van der Waals surface area contributed by atoms with Gasteiger partial charge in [0.1, 0.15) is 17.7 Å². The van der Waals surface area contributed by atoms with E-state index in [0.29, 0.717) is 38.9 Å². The van der Waals surface area contributed by atoms with Crippen molar-refractivity contribution in [2.75, 3.05) is 26.2 Å². The number of nitrogens with one attached hydrogen (secondary N) is 1. The zero-order valence-electron chi connectivity index (χ0n) is 23.2. The molecule has 2 fully saturated rings. The summed E-state index contributed by atoms with van der Waals surface area (Å²) < 4.78 is 5.84. The van der Waals surface area contributed by atoms with E-state index in [9.17, 15) is 19.5 Å². The molecule has 3 aromatic carbocycles. The lowest BCUT2D eigenvalue weighted by Crippen LogP contribution is -2.65. The van der Waals surface area contributed by atoms with Gasteiger partial charge in [0.2, 0.25) is 0 Å². The number of aliphatic carboxylic acids is 1. The van der Waals surface area contributed by atoms with Crippen LogP contribution in [0, 0.1) is 0 Å². The number of ether oxygens (including phenoxy) is 1. The van der Waals surface area contributed by atoms with E-state index in [1.165, 1.54) is 4.90 Å². The normalized spacial score (nSPS) is 23.7. The average molecular weight is 554 g/mol. The summed E-state index contributed by atoms with van der Waals surface area (Å²) in [6.07, 6.45) is 0.680. The third kappa shape index (κ3) is 4.86. The monoisotopic (exact) mass is 553 g/mol. The van der Waals surface area contributed by atoms with Crippen LogP contribution in [0.5, 0.6) is 0 Å². The summed E-state index contributed by atoms with van der Waals surface area (Å²) in [5.74, 6) is -1.49. The molecule has 2 N–H and O–H groups in total. The van der Waals surface area contributed by atoms with E-state index in [4.69, 9.17) is 4.74 Å². The molecule has 2 atom stereocenters. The van der Waals surface area contributed by atoms with E-state index in [1.807, 2.05) is 54.6 Å². The largest absolute Gasteiger partial charge is 0.480 e. The first kappa shape index (κ1) is 27.0. The molecule has 0 bridgehead atoms. The molecule has 41 heavy (non-hydrogen) atoms. The highest BCUT2D eigenvalue weighted by Gasteiger charge is 2.55. The maximum Gasteiger partial charge on any atom is 0.408 e. The van der Waals surface area contributed by atoms with Crippen LogP contribution in [0.25, 0.3) is 11.1 Å². The van der Waals surface area contributed by atoms with Crippen LogP contribution in [0.2, 0.25) is 0 Å². The van der Waals surface area contributed by atoms with Gasteiger partial charge in [-0.25, -0.2) is 9.59 Å². The Morgan fingerprint density at radius 2 is 1.54 bits per heavy atom. The van der Waals surface area contributed by atoms with Crippen LogP contribution in [0.4, 0.5) is 4.79 Å². The Bertz CT molecular complexity index is 1430. The molecule has 0 saturated carbocycles. The molecule has 3 aliphatic rings. The first-order valence-electron chi connectivity index (χ1n) is 14.3. The van der Waals surface area contributed by atoms with E-state index in [2.05, 4.69) is 34.5 Å². The minimum atomic E-state index is -1.31. The molecule has 0 aromatic heterocycles. The van der Waals surface area contributed by atoms with E-state index < -0.39 is 23.1 Å². The first-order chi connectivity index (χ1) is 19.8. The minimum Gasteiger partial charge on any atom is -0.480 e. The lowest BCUT2D eigenvalue weighted by atomic mass is 9.92. The third-order valence-corrected chi connectivity index (χ3v) is 9.04. The molecule has 8 nitrogen and oxygen atoms in total. The SMILES string of the molecule is CC1(C(=O)O)CCCN1C(=O)C1(NC(=O)OCC2c3ccccc3-c3ccccc32)CCN(Cc2ccccc2)C1. The Morgan fingerprint density at radius 1 is 0.902 bits per heavy atom. The van der Waals surface area contributed by atoms with Gasteiger partial charge in [0.05, 0.1) is 0 Å². The summed E-state index contributed by atoms with van der Waals surface area (Å²) in [6, 6.07) is 26.2. The Hall–Kier alpha value is -4.17. The number of rotatable bonds is 7. The fraction of sp³-hybridized carbons (Fsp3) is 0.364. The Kier molecular flexibility index (Phi) is 7.03. The zero-order chi connectivity index (χ0) is 28.6. The molecular formula is C33H35N3O5. The van der Waals surface area contributed by atoms with Crippen molar-refractivity contribution in [3.05, 3.63) is 95.6 Å². The van der Waals surface area contributed by atoms with Gasteiger partial charge in [0, 0.05) is 32.1 Å². The van der Waals surface area contributed by atoms with E-state index >= 15 is 0 Å². The molecule has 2 unspecified atom stereocenters. The van der Waals surface area contributed by atoms with Crippen LogP contribution in [0.3, 0.4) is 0 Å². The number of nitrogens with zero attached hydrogens (tertiary/aromatic N) is 2. The maximum atomic E-state index is 14.2. The number of likely N-dealkylation sites (tertiary alicyclic amines) is 2. The smallest absolute Gasteiger partial charge is 0.408 e. The zero-order valence-corrected chi connectivity index (χ0v) is 23.2. The number of carboxylic acid groups (broad SMARTS) is 1. The standard InChI is InChI=1S/C33H35N3O5/c1-32(30(38)39)16-9-18-36(32)29(37)33(17-19-35(22-33)20-23-10-3-2-4-11-23)34-31(40)41-21-28-26-14-7-5-12-24(26)25-13-6-8-15-27(25)28/h2-8,10-15,28H,9,16-22H2,1H3,(H,34,40)(H,38,39). The lowest BCUT2D eigenvalue weighted by Gasteiger charge is -2.39. The van der Waals surface area contributed by atoms with Crippen molar-refractivity contribution in [1.29, 1.82) is 0 Å². The number of fused-ring (bicyclic) bond motifs is 3. The van der Waals surface area contributed by atoms with Crippen molar-refractivity contribution in [3.63, 3.8) is 0 Å². The minimum absolute atomic E-state index is 0.105. The molecule has 2 aliphatic heterocycles. The predicted molar refractivity (Wildman–Crippen MR) is 154 cm³/mol. The first-order valence-corrected chi connectivity index (χ1v) is 14.3. The summed E-state index contributed by atoms with van der Waals surface area (Å²) in [4.78, 5) is 43.4. The van der Waals surface area contributed by atoms with Gasteiger partial charge in [-0.05, 0) is 54.0 Å². The molecule has 8 heteroatoms. The summed E-state index contributed by atoms with van der Waals surface area (Å²) in [5.41, 5.74) is 3.01. The number of carboxylic acids is 1. The van der Waals surface area contributed by atoms with Gasteiger partial charge in [0.15, 0.2) is 0 Å². The molecular weight excluding hydrogens is 518 g/mol. The van der Waals surface area contributed by atoms with Crippen LogP contribution < -0.4 is 5.32 Å². The van der Waals surface area contributed by atoms with Gasteiger partial charge in [-0.2, -0.15) is 0 Å². The highest BCUT2D eigenvalue weighted by Crippen LogP contribution is 2.44. The number of hydrogen-bond donors (Lipinski definition) is 2. The predicted octanol–water partition coefficient (Wildman–Crippen LogP) is 4.64. The molecule has 6 rings (SSSR count). The van der Waals surface area contributed by atoms with E-state index in [1.54, 1.807) is 6.92 Å². The van der Waals surface area contributed by atoms with E-state index in [-0.39, 0.29) is 25.0 Å². The molecule has 2 amide bonds. The molecule has 2 heterocycles. The summed E-state index contributed by atoms with van der Waals surface area (Å²) >= 11 is 0. The molecule has 2 saturated heterocycles.